The SMILES string of the molecule is COC(=O)c1ccc(C)c(S(=O)(=O)NCC[C@@H]2CCCO2)c1. The number of carbonyl (C=O) groups is 1. The fourth-order valence-electron chi connectivity index (χ4n) is 2.44. The first-order chi connectivity index (χ1) is 10.4. The third-order valence-corrected chi connectivity index (χ3v) is 5.28. The number of rotatable bonds is 6. The molecule has 0 aromatic heterocycles. The standard InChI is InChI=1S/C15H21NO5S/c1-11-5-6-12(15(17)20-2)10-14(11)22(18,19)16-8-7-13-4-3-9-21-13/h5-6,10,13,16H,3-4,7-9H2,1-2H3/t13-/m0/s1. The number of ether oxygens (including phenoxy) is 2. The zero-order chi connectivity index (χ0) is 16.2. The molecule has 1 saturated heterocycles. The molecule has 1 aliphatic rings. The topological polar surface area (TPSA) is 81.7 Å². The van der Waals surface area contributed by atoms with Crippen LogP contribution in [0.2, 0.25) is 0 Å². The molecule has 1 fully saturated rings. The van der Waals surface area contributed by atoms with E-state index in [1.54, 1.807) is 19.1 Å². The van der Waals surface area contributed by atoms with Crippen molar-refractivity contribution in [3.8, 4) is 0 Å². The molecule has 1 aromatic carbocycles. The van der Waals surface area contributed by atoms with Gasteiger partial charge in [0, 0.05) is 13.2 Å². The molecule has 0 aliphatic carbocycles. The van der Waals surface area contributed by atoms with Gasteiger partial charge in [0.2, 0.25) is 10.0 Å². The molecule has 1 heterocycles. The van der Waals surface area contributed by atoms with Crippen LogP contribution in [0.25, 0.3) is 0 Å². The van der Waals surface area contributed by atoms with E-state index in [-0.39, 0.29) is 16.6 Å². The lowest BCUT2D eigenvalue weighted by atomic mass is 10.1. The molecule has 2 rings (SSSR count). The minimum Gasteiger partial charge on any atom is -0.465 e. The first kappa shape index (κ1) is 16.9. The van der Waals surface area contributed by atoms with Crippen LogP contribution < -0.4 is 4.72 Å². The number of aryl methyl sites for hydroxylation is 1. The Morgan fingerprint density at radius 2 is 2.23 bits per heavy atom. The lowest BCUT2D eigenvalue weighted by Crippen LogP contribution is -2.28. The second-order valence-corrected chi connectivity index (χ2v) is 7.03. The summed E-state index contributed by atoms with van der Waals surface area (Å²) < 4.78 is 37.4. The van der Waals surface area contributed by atoms with Crippen LogP contribution in [0.5, 0.6) is 0 Å². The van der Waals surface area contributed by atoms with Gasteiger partial charge in [-0.25, -0.2) is 17.9 Å². The number of hydrogen-bond donors (Lipinski definition) is 1. The summed E-state index contributed by atoms with van der Waals surface area (Å²) in [5.41, 5.74) is 0.796. The summed E-state index contributed by atoms with van der Waals surface area (Å²) in [7, 11) is -2.40. The summed E-state index contributed by atoms with van der Waals surface area (Å²) >= 11 is 0. The molecule has 0 radical (unpaired) electrons. The van der Waals surface area contributed by atoms with E-state index < -0.39 is 16.0 Å². The van der Waals surface area contributed by atoms with Crippen molar-refractivity contribution < 1.29 is 22.7 Å². The summed E-state index contributed by atoms with van der Waals surface area (Å²) in [6.07, 6.45) is 2.77. The lowest BCUT2D eigenvalue weighted by molar-refractivity contribution is 0.0600. The Morgan fingerprint density at radius 1 is 1.45 bits per heavy atom. The van der Waals surface area contributed by atoms with Gasteiger partial charge in [-0.2, -0.15) is 0 Å². The van der Waals surface area contributed by atoms with E-state index in [1.165, 1.54) is 13.2 Å². The van der Waals surface area contributed by atoms with Crippen LogP contribution in [0.1, 0.15) is 35.2 Å². The molecule has 1 aromatic rings. The Labute approximate surface area is 130 Å². The molecule has 7 heteroatoms. The molecule has 0 saturated carbocycles. The highest BCUT2D eigenvalue weighted by Crippen LogP contribution is 2.19. The third-order valence-electron chi connectivity index (χ3n) is 3.68. The highest BCUT2D eigenvalue weighted by molar-refractivity contribution is 7.89. The molecule has 122 valence electrons. The number of benzene rings is 1. The number of nitrogens with one attached hydrogen (secondary N) is 1. The molecule has 0 bridgehead atoms. The normalized spacial score (nSPS) is 18.4. The largest absolute Gasteiger partial charge is 0.465 e. The van der Waals surface area contributed by atoms with Crippen LogP contribution in [0, 0.1) is 6.92 Å². The minimum atomic E-state index is -3.66. The van der Waals surface area contributed by atoms with Crippen LogP contribution in [-0.2, 0) is 19.5 Å². The number of hydrogen-bond acceptors (Lipinski definition) is 5. The number of carbonyl (C=O) groups excluding carboxylic acids is 1. The molecular weight excluding hydrogens is 306 g/mol. The number of esters is 1. The molecule has 0 amide bonds. The predicted molar refractivity (Wildman–Crippen MR) is 81.3 cm³/mol. The molecule has 1 atom stereocenters. The van der Waals surface area contributed by atoms with Crippen molar-refractivity contribution in [1.29, 1.82) is 0 Å². The summed E-state index contributed by atoms with van der Waals surface area (Å²) in [5.74, 6) is -0.559. The van der Waals surface area contributed by atoms with E-state index in [0.29, 0.717) is 18.5 Å². The minimum absolute atomic E-state index is 0.0998. The first-order valence-corrected chi connectivity index (χ1v) is 8.72. The average molecular weight is 327 g/mol. The van der Waals surface area contributed by atoms with Gasteiger partial charge in [0.1, 0.15) is 0 Å². The van der Waals surface area contributed by atoms with Crippen molar-refractivity contribution in [2.45, 2.75) is 37.2 Å². The Bertz CT molecular complexity index is 635. The van der Waals surface area contributed by atoms with Gasteiger partial charge in [0.25, 0.3) is 0 Å². The van der Waals surface area contributed by atoms with Crippen molar-refractivity contribution in [2.75, 3.05) is 20.3 Å². The Morgan fingerprint density at radius 3 is 2.86 bits per heavy atom. The summed E-state index contributed by atoms with van der Waals surface area (Å²) in [6, 6.07) is 4.49. The van der Waals surface area contributed by atoms with E-state index in [4.69, 9.17) is 4.74 Å². The fraction of sp³-hybridized carbons (Fsp3) is 0.533. The van der Waals surface area contributed by atoms with E-state index in [1.807, 2.05) is 0 Å². The Kier molecular flexibility index (Phi) is 5.55. The van der Waals surface area contributed by atoms with Crippen molar-refractivity contribution >= 4 is 16.0 Å². The molecule has 22 heavy (non-hydrogen) atoms. The van der Waals surface area contributed by atoms with Gasteiger partial charge in [-0.15, -0.1) is 0 Å². The number of methoxy groups -OCH3 is 1. The summed E-state index contributed by atoms with van der Waals surface area (Å²) in [6.45, 7) is 2.75. The van der Waals surface area contributed by atoms with E-state index in [0.717, 1.165) is 19.4 Å². The Balaban J connectivity index is 2.08. The van der Waals surface area contributed by atoms with Gasteiger partial charge < -0.3 is 9.47 Å². The predicted octanol–water partition coefficient (Wildman–Crippen LogP) is 1.63. The second kappa shape index (κ2) is 7.21. The highest BCUT2D eigenvalue weighted by Gasteiger charge is 2.21. The molecule has 1 N–H and O–H groups in total. The maximum Gasteiger partial charge on any atom is 0.337 e. The smallest absolute Gasteiger partial charge is 0.337 e. The van der Waals surface area contributed by atoms with Gasteiger partial charge >= 0.3 is 5.97 Å². The molecule has 6 nitrogen and oxygen atoms in total. The van der Waals surface area contributed by atoms with Crippen LogP contribution >= 0.6 is 0 Å². The van der Waals surface area contributed by atoms with Gasteiger partial charge in [-0.3, -0.25) is 0 Å². The molecular formula is C15H21NO5S. The van der Waals surface area contributed by atoms with Crippen LogP contribution in [-0.4, -0.2) is 40.8 Å². The Hall–Kier alpha value is -1.44. The van der Waals surface area contributed by atoms with E-state index in [9.17, 15) is 13.2 Å². The quantitative estimate of drug-likeness (QED) is 0.803. The summed E-state index contributed by atoms with van der Waals surface area (Å²) in [5, 5.41) is 0. The first-order valence-electron chi connectivity index (χ1n) is 7.24. The van der Waals surface area contributed by atoms with Gasteiger partial charge in [-0.05, 0) is 43.9 Å². The molecule has 1 aliphatic heterocycles. The van der Waals surface area contributed by atoms with E-state index >= 15 is 0 Å². The summed E-state index contributed by atoms with van der Waals surface area (Å²) in [4.78, 5) is 11.6. The molecule has 0 spiro atoms. The van der Waals surface area contributed by atoms with Gasteiger partial charge in [-0.1, -0.05) is 6.07 Å². The van der Waals surface area contributed by atoms with Crippen LogP contribution in [0.3, 0.4) is 0 Å². The van der Waals surface area contributed by atoms with Crippen molar-refractivity contribution in [3.63, 3.8) is 0 Å². The number of sulfonamides is 1. The van der Waals surface area contributed by atoms with Gasteiger partial charge in [0.15, 0.2) is 0 Å². The van der Waals surface area contributed by atoms with Crippen LogP contribution in [0.4, 0.5) is 0 Å². The zero-order valence-electron chi connectivity index (χ0n) is 12.8. The maximum absolute atomic E-state index is 12.4. The van der Waals surface area contributed by atoms with Crippen LogP contribution in [0.15, 0.2) is 23.1 Å². The fourth-order valence-corrected chi connectivity index (χ4v) is 3.75. The maximum atomic E-state index is 12.4. The van der Waals surface area contributed by atoms with Crippen molar-refractivity contribution in [1.82, 2.24) is 4.72 Å². The average Bonchev–Trinajstić information content (AvgIpc) is 3.00. The highest BCUT2D eigenvalue weighted by atomic mass is 32.2. The van der Waals surface area contributed by atoms with Crippen molar-refractivity contribution in [3.05, 3.63) is 29.3 Å². The lowest BCUT2D eigenvalue weighted by Gasteiger charge is -2.12. The second-order valence-electron chi connectivity index (χ2n) is 5.29. The van der Waals surface area contributed by atoms with E-state index in [2.05, 4.69) is 9.46 Å². The van der Waals surface area contributed by atoms with Gasteiger partial charge in [0.05, 0.1) is 23.7 Å². The zero-order valence-corrected chi connectivity index (χ0v) is 13.6. The monoisotopic (exact) mass is 327 g/mol. The third kappa shape index (κ3) is 4.06. The molecule has 0 unspecified atom stereocenters. The van der Waals surface area contributed by atoms with Crippen molar-refractivity contribution in [2.24, 2.45) is 0 Å².